The molecule has 0 saturated carbocycles. The molecule has 0 spiro atoms. The maximum Gasteiger partial charge on any atom is 0.273 e. The molecule has 2 aromatic rings. The SMILES string of the molecule is COc1cc([N+](=O)[O-])ccc1NC(=O)c1ccc(OC2CCSC2)nc1. The molecule has 1 aliphatic rings. The third-order valence-corrected chi connectivity index (χ3v) is 4.95. The molecule has 1 aromatic carbocycles. The van der Waals surface area contributed by atoms with Crippen LogP contribution in [0, 0.1) is 10.1 Å². The van der Waals surface area contributed by atoms with Gasteiger partial charge < -0.3 is 14.8 Å². The van der Waals surface area contributed by atoms with E-state index < -0.39 is 10.8 Å². The number of carbonyl (C=O) groups excluding carboxylic acids is 1. The van der Waals surface area contributed by atoms with Crippen LogP contribution >= 0.6 is 11.8 Å². The standard InChI is InChI=1S/C17H17N3O5S/c1-24-15-8-12(20(22)23)3-4-14(15)19-17(21)11-2-5-16(18-9-11)25-13-6-7-26-10-13/h2-5,8-9,13H,6-7,10H2,1H3,(H,19,21). The average molecular weight is 375 g/mol. The van der Waals surface area contributed by atoms with E-state index in [-0.39, 0.29) is 17.5 Å². The summed E-state index contributed by atoms with van der Waals surface area (Å²) in [5.41, 5.74) is 0.568. The van der Waals surface area contributed by atoms with Crippen LogP contribution in [0.25, 0.3) is 0 Å². The number of methoxy groups -OCH3 is 1. The zero-order valence-electron chi connectivity index (χ0n) is 14.0. The van der Waals surface area contributed by atoms with Gasteiger partial charge in [0.15, 0.2) is 0 Å². The van der Waals surface area contributed by atoms with Crippen molar-refractivity contribution in [1.29, 1.82) is 0 Å². The molecule has 1 amide bonds. The Hall–Kier alpha value is -2.81. The minimum atomic E-state index is -0.528. The second-order valence-electron chi connectivity index (χ2n) is 5.58. The fourth-order valence-electron chi connectivity index (χ4n) is 2.45. The van der Waals surface area contributed by atoms with Gasteiger partial charge in [0.25, 0.3) is 11.6 Å². The first-order valence-electron chi connectivity index (χ1n) is 7.91. The predicted octanol–water partition coefficient (Wildman–Crippen LogP) is 3.14. The highest BCUT2D eigenvalue weighted by Crippen LogP contribution is 2.29. The van der Waals surface area contributed by atoms with Gasteiger partial charge in [-0.15, -0.1) is 0 Å². The van der Waals surface area contributed by atoms with Crippen molar-refractivity contribution in [2.75, 3.05) is 23.9 Å². The van der Waals surface area contributed by atoms with Crippen LogP contribution in [0.1, 0.15) is 16.8 Å². The van der Waals surface area contributed by atoms with Gasteiger partial charge >= 0.3 is 0 Å². The maximum atomic E-state index is 12.4. The number of ether oxygens (including phenoxy) is 2. The maximum absolute atomic E-state index is 12.4. The molecule has 1 N–H and O–H groups in total. The van der Waals surface area contributed by atoms with Crippen molar-refractivity contribution < 1.29 is 19.2 Å². The fourth-order valence-corrected chi connectivity index (χ4v) is 3.55. The number of carbonyl (C=O) groups is 1. The molecule has 26 heavy (non-hydrogen) atoms. The van der Waals surface area contributed by atoms with Gasteiger partial charge in [-0.1, -0.05) is 0 Å². The minimum Gasteiger partial charge on any atom is -0.494 e. The number of nitro groups is 1. The number of thioether (sulfide) groups is 1. The van der Waals surface area contributed by atoms with Gasteiger partial charge in [0.2, 0.25) is 5.88 Å². The van der Waals surface area contributed by atoms with Crippen molar-refractivity contribution in [1.82, 2.24) is 4.98 Å². The molecule has 1 saturated heterocycles. The Morgan fingerprint density at radius 3 is 2.85 bits per heavy atom. The number of hydrogen-bond acceptors (Lipinski definition) is 7. The lowest BCUT2D eigenvalue weighted by Crippen LogP contribution is -2.16. The minimum absolute atomic E-state index is 0.118. The van der Waals surface area contributed by atoms with Crippen molar-refractivity contribution in [2.45, 2.75) is 12.5 Å². The Balaban J connectivity index is 1.68. The topological polar surface area (TPSA) is 104 Å². The van der Waals surface area contributed by atoms with Gasteiger partial charge in [-0.3, -0.25) is 14.9 Å². The van der Waals surface area contributed by atoms with Crippen LogP contribution in [0.5, 0.6) is 11.6 Å². The van der Waals surface area contributed by atoms with Gasteiger partial charge in [-0.2, -0.15) is 11.8 Å². The van der Waals surface area contributed by atoms with E-state index >= 15 is 0 Å². The second-order valence-corrected chi connectivity index (χ2v) is 6.73. The van der Waals surface area contributed by atoms with E-state index in [1.165, 1.54) is 31.5 Å². The molecule has 1 fully saturated rings. The summed E-state index contributed by atoms with van der Waals surface area (Å²) in [5, 5.41) is 13.5. The van der Waals surface area contributed by atoms with Crippen LogP contribution in [0.4, 0.5) is 11.4 Å². The largest absolute Gasteiger partial charge is 0.494 e. The number of pyridine rings is 1. The molecule has 1 unspecified atom stereocenters. The van der Waals surface area contributed by atoms with Gasteiger partial charge in [-0.05, 0) is 24.3 Å². The van der Waals surface area contributed by atoms with E-state index in [1.54, 1.807) is 12.1 Å². The Kier molecular flexibility index (Phi) is 5.57. The molecule has 136 valence electrons. The summed E-state index contributed by atoms with van der Waals surface area (Å²) in [6.45, 7) is 0. The molecule has 1 aromatic heterocycles. The Morgan fingerprint density at radius 2 is 2.23 bits per heavy atom. The van der Waals surface area contributed by atoms with Crippen LogP contribution < -0.4 is 14.8 Å². The number of amides is 1. The lowest BCUT2D eigenvalue weighted by atomic mass is 10.2. The second kappa shape index (κ2) is 8.05. The lowest BCUT2D eigenvalue weighted by molar-refractivity contribution is -0.384. The number of aromatic nitrogens is 1. The van der Waals surface area contributed by atoms with Crippen LogP contribution in [0.15, 0.2) is 36.5 Å². The van der Waals surface area contributed by atoms with E-state index in [0.29, 0.717) is 17.1 Å². The zero-order valence-corrected chi connectivity index (χ0v) is 14.8. The zero-order chi connectivity index (χ0) is 18.5. The number of rotatable bonds is 6. The number of nitro benzene ring substituents is 1. The third kappa shape index (κ3) is 4.23. The summed E-state index contributed by atoms with van der Waals surface area (Å²) in [6.07, 6.45) is 2.59. The first-order valence-corrected chi connectivity index (χ1v) is 9.06. The highest BCUT2D eigenvalue weighted by molar-refractivity contribution is 7.99. The first kappa shape index (κ1) is 18.0. The van der Waals surface area contributed by atoms with Gasteiger partial charge in [0.05, 0.1) is 29.4 Å². The molecule has 1 aliphatic heterocycles. The number of anilines is 1. The summed E-state index contributed by atoms with van der Waals surface area (Å²) in [7, 11) is 1.38. The smallest absolute Gasteiger partial charge is 0.273 e. The molecule has 8 nitrogen and oxygen atoms in total. The fraction of sp³-hybridized carbons (Fsp3) is 0.294. The van der Waals surface area contributed by atoms with Crippen LogP contribution in [0.3, 0.4) is 0 Å². The lowest BCUT2D eigenvalue weighted by Gasteiger charge is -2.12. The first-order chi connectivity index (χ1) is 12.6. The Morgan fingerprint density at radius 1 is 1.38 bits per heavy atom. The van der Waals surface area contributed by atoms with Crippen molar-refractivity contribution in [3.05, 3.63) is 52.2 Å². The molecule has 1 atom stereocenters. The van der Waals surface area contributed by atoms with Crippen molar-refractivity contribution >= 4 is 29.0 Å². The monoisotopic (exact) mass is 375 g/mol. The van der Waals surface area contributed by atoms with E-state index in [9.17, 15) is 14.9 Å². The predicted molar refractivity (Wildman–Crippen MR) is 98.2 cm³/mol. The molecule has 0 bridgehead atoms. The Bertz CT molecular complexity index is 807. The van der Waals surface area contributed by atoms with E-state index in [4.69, 9.17) is 9.47 Å². The highest BCUT2D eigenvalue weighted by atomic mass is 32.2. The average Bonchev–Trinajstić information content (AvgIpc) is 3.15. The van der Waals surface area contributed by atoms with Crippen LogP contribution in [-0.4, -0.2) is 40.5 Å². The highest BCUT2D eigenvalue weighted by Gasteiger charge is 2.18. The van der Waals surface area contributed by atoms with Crippen molar-refractivity contribution in [3.8, 4) is 11.6 Å². The van der Waals surface area contributed by atoms with E-state index in [0.717, 1.165) is 17.9 Å². The molecule has 0 radical (unpaired) electrons. The van der Waals surface area contributed by atoms with Crippen LogP contribution in [0.2, 0.25) is 0 Å². The molecule has 0 aliphatic carbocycles. The van der Waals surface area contributed by atoms with Gasteiger partial charge in [-0.25, -0.2) is 4.98 Å². The molecule has 2 heterocycles. The quantitative estimate of drug-likeness (QED) is 0.611. The summed E-state index contributed by atoms with van der Waals surface area (Å²) in [6, 6.07) is 7.26. The van der Waals surface area contributed by atoms with Gasteiger partial charge in [0.1, 0.15) is 11.9 Å². The summed E-state index contributed by atoms with van der Waals surface area (Å²) < 4.78 is 10.9. The van der Waals surface area contributed by atoms with Crippen molar-refractivity contribution in [2.24, 2.45) is 0 Å². The number of non-ortho nitro benzene ring substituents is 1. The van der Waals surface area contributed by atoms with Crippen LogP contribution in [-0.2, 0) is 0 Å². The summed E-state index contributed by atoms with van der Waals surface area (Å²) in [5.74, 6) is 2.33. The number of benzene rings is 1. The summed E-state index contributed by atoms with van der Waals surface area (Å²) >= 11 is 1.85. The number of hydrogen-bond donors (Lipinski definition) is 1. The summed E-state index contributed by atoms with van der Waals surface area (Å²) in [4.78, 5) is 26.8. The number of nitrogens with zero attached hydrogens (tertiary/aromatic N) is 2. The van der Waals surface area contributed by atoms with Gasteiger partial charge in [0, 0.05) is 24.1 Å². The molecular weight excluding hydrogens is 358 g/mol. The molecular formula is C17H17N3O5S. The Labute approximate surface area is 154 Å². The third-order valence-electron chi connectivity index (χ3n) is 3.82. The van der Waals surface area contributed by atoms with Crippen molar-refractivity contribution in [3.63, 3.8) is 0 Å². The van der Waals surface area contributed by atoms with E-state index in [2.05, 4.69) is 10.3 Å². The normalized spacial score (nSPS) is 16.1. The molecule has 3 rings (SSSR count). The van der Waals surface area contributed by atoms with E-state index in [1.807, 2.05) is 11.8 Å². The number of nitrogens with one attached hydrogen (secondary N) is 1. The molecule has 9 heteroatoms.